The number of hydrogen-bond acceptors (Lipinski definition) is 4. The molecule has 3 aromatic heterocycles. The Labute approximate surface area is 130 Å². The number of hydrogen-bond donors (Lipinski definition) is 2. The molecule has 0 aliphatic heterocycles. The summed E-state index contributed by atoms with van der Waals surface area (Å²) in [6.45, 7) is 0.430. The number of H-pyrrole nitrogens is 1. The van der Waals surface area contributed by atoms with E-state index in [9.17, 15) is 10.1 Å². The lowest BCUT2D eigenvalue weighted by Crippen LogP contribution is -2.03. The minimum atomic E-state index is -0.423. The lowest BCUT2D eigenvalue weighted by atomic mass is 10.2. The topological polar surface area (TPSA) is 88.3 Å². The third kappa shape index (κ3) is 2.28. The van der Waals surface area contributed by atoms with E-state index in [1.54, 1.807) is 24.4 Å². The Bertz CT molecular complexity index is 985. The summed E-state index contributed by atoms with van der Waals surface area (Å²) in [5, 5.41) is 15.5. The summed E-state index contributed by atoms with van der Waals surface area (Å²) in [4.78, 5) is 18.5. The van der Waals surface area contributed by atoms with Crippen LogP contribution in [-0.4, -0.2) is 19.3 Å². The Morgan fingerprint density at radius 2 is 2.04 bits per heavy atom. The fraction of sp³-hybridized carbons (Fsp3) is 0.0625. The van der Waals surface area contributed by atoms with Gasteiger partial charge in [-0.1, -0.05) is 24.3 Å². The zero-order valence-corrected chi connectivity index (χ0v) is 12.1. The number of benzene rings is 1. The first-order valence-electron chi connectivity index (χ1n) is 7.14. The van der Waals surface area contributed by atoms with Crippen LogP contribution in [0.15, 0.2) is 54.7 Å². The Morgan fingerprint density at radius 1 is 1.22 bits per heavy atom. The third-order valence-electron chi connectivity index (χ3n) is 3.71. The van der Waals surface area contributed by atoms with Crippen molar-refractivity contribution in [2.45, 2.75) is 6.54 Å². The Hall–Kier alpha value is -3.35. The minimum Gasteiger partial charge on any atom is -0.358 e. The lowest BCUT2D eigenvalue weighted by Gasteiger charge is -2.01. The molecule has 4 aromatic rings. The maximum Gasteiger partial charge on any atom is 0.372 e. The quantitative estimate of drug-likeness (QED) is 0.447. The molecule has 23 heavy (non-hydrogen) atoms. The summed E-state index contributed by atoms with van der Waals surface area (Å²) >= 11 is 0. The second kappa shape index (κ2) is 5.13. The van der Waals surface area contributed by atoms with Gasteiger partial charge < -0.3 is 20.4 Å². The van der Waals surface area contributed by atoms with Crippen molar-refractivity contribution in [3.8, 4) is 0 Å². The molecule has 0 aliphatic carbocycles. The van der Waals surface area contributed by atoms with E-state index in [2.05, 4.69) is 15.3 Å². The molecule has 0 bridgehead atoms. The average Bonchev–Trinajstić information content (AvgIpc) is 3.13. The Balaban J connectivity index is 1.67. The highest BCUT2D eigenvalue weighted by Crippen LogP contribution is 2.26. The second-order valence-electron chi connectivity index (χ2n) is 5.21. The summed E-state index contributed by atoms with van der Waals surface area (Å²) in [5.74, 6) is 0.205. The first kappa shape index (κ1) is 13.3. The van der Waals surface area contributed by atoms with Crippen molar-refractivity contribution >= 4 is 28.2 Å². The van der Waals surface area contributed by atoms with Crippen LogP contribution in [0.2, 0.25) is 0 Å². The summed E-state index contributed by atoms with van der Waals surface area (Å²) in [5.41, 5.74) is 2.52. The molecule has 0 unspecified atom stereocenters. The smallest absolute Gasteiger partial charge is 0.358 e. The van der Waals surface area contributed by atoms with Gasteiger partial charge in [0.1, 0.15) is 0 Å². The van der Waals surface area contributed by atoms with Gasteiger partial charge >= 0.3 is 5.82 Å². The number of nitrogens with one attached hydrogen (secondary N) is 2. The molecule has 0 radical (unpaired) electrons. The van der Waals surface area contributed by atoms with Crippen LogP contribution in [0.3, 0.4) is 0 Å². The van der Waals surface area contributed by atoms with Gasteiger partial charge in [0.25, 0.3) is 0 Å². The van der Waals surface area contributed by atoms with Crippen LogP contribution in [0.4, 0.5) is 11.6 Å². The third-order valence-corrected chi connectivity index (χ3v) is 3.71. The van der Waals surface area contributed by atoms with Crippen LogP contribution in [0.25, 0.3) is 16.6 Å². The van der Waals surface area contributed by atoms with Crippen LogP contribution < -0.4 is 5.32 Å². The van der Waals surface area contributed by atoms with Gasteiger partial charge in [-0.25, -0.2) is 0 Å². The van der Waals surface area contributed by atoms with E-state index in [1.165, 1.54) is 4.40 Å². The number of pyridine rings is 1. The molecule has 114 valence electrons. The fourth-order valence-corrected chi connectivity index (χ4v) is 2.68. The molecule has 0 amide bonds. The van der Waals surface area contributed by atoms with Gasteiger partial charge in [0.15, 0.2) is 0 Å². The Kier molecular flexibility index (Phi) is 2.97. The van der Waals surface area contributed by atoms with Crippen molar-refractivity contribution in [2.75, 3.05) is 5.32 Å². The molecule has 0 saturated carbocycles. The lowest BCUT2D eigenvalue weighted by molar-refractivity contribution is -0.389. The number of aromatic nitrogens is 3. The maximum atomic E-state index is 11.3. The highest BCUT2D eigenvalue weighted by Gasteiger charge is 2.21. The van der Waals surface area contributed by atoms with E-state index in [1.807, 2.05) is 30.3 Å². The molecule has 0 aliphatic rings. The van der Waals surface area contributed by atoms with Crippen molar-refractivity contribution in [2.24, 2.45) is 0 Å². The normalized spacial score (nSPS) is 11.1. The van der Waals surface area contributed by atoms with E-state index in [0.717, 1.165) is 16.6 Å². The molecular formula is C16H13N5O2. The monoisotopic (exact) mass is 307 g/mol. The van der Waals surface area contributed by atoms with Gasteiger partial charge in [0.05, 0.1) is 12.7 Å². The van der Waals surface area contributed by atoms with Crippen molar-refractivity contribution in [3.63, 3.8) is 0 Å². The second-order valence-corrected chi connectivity index (χ2v) is 5.21. The number of aromatic amines is 1. The largest absolute Gasteiger partial charge is 0.372 e. The maximum absolute atomic E-state index is 11.3. The van der Waals surface area contributed by atoms with Gasteiger partial charge in [-0.05, 0) is 28.5 Å². The predicted octanol–water partition coefficient (Wildman–Crippen LogP) is 3.34. The molecule has 0 atom stereocenters. The van der Waals surface area contributed by atoms with Gasteiger partial charge in [-0.3, -0.25) is 0 Å². The average molecular weight is 307 g/mol. The molecule has 3 heterocycles. The molecule has 0 fully saturated rings. The van der Waals surface area contributed by atoms with Crippen LogP contribution in [-0.2, 0) is 6.54 Å². The molecule has 0 saturated heterocycles. The zero-order valence-electron chi connectivity index (χ0n) is 12.1. The molecule has 4 rings (SSSR count). The highest BCUT2D eigenvalue weighted by atomic mass is 16.6. The molecule has 7 heteroatoms. The number of anilines is 1. The van der Waals surface area contributed by atoms with Crippen LogP contribution in [0.5, 0.6) is 0 Å². The summed E-state index contributed by atoms with van der Waals surface area (Å²) in [7, 11) is 0. The van der Waals surface area contributed by atoms with Crippen molar-refractivity contribution in [3.05, 3.63) is 70.5 Å². The van der Waals surface area contributed by atoms with Crippen molar-refractivity contribution in [1.82, 2.24) is 14.4 Å². The van der Waals surface area contributed by atoms with Crippen molar-refractivity contribution < 1.29 is 4.92 Å². The number of nitro groups is 1. The van der Waals surface area contributed by atoms with Gasteiger partial charge in [-0.15, -0.1) is 0 Å². The van der Waals surface area contributed by atoms with E-state index >= 15 is 0 Å². The molecule has 2 N–H and O–H groups in total. The van der Waals surface area contributed by atoms with Crippen LogP contribution in [0.1, 0.15) is 5.69 Å². The summed E-state index contributed by atoms with van der Waals surface area (Å²) < 4.78 is 1.47. The van der Waals surface area contributed by atoms with Gasteiger partial charge in [0.2, 0.25) is 11.5 Å². The number of rotatable bonds is 4. The standard InChI is InChI=1S/C16H13N5O2/c22-21(23)16-15(19-14-7-3-4-8-20(14)16)17-10-12-9-11-5-1-2-6-13(11)18-12/h1-9,17-18H,10H2. The number of fused-ring (bicyclic) bond motifs is 2. The summed E-state index contributed by atoms with van der Waals surface area (Å²) in [6.07, 6.45) is 1.63. The number of para-hydroxylation sites is 1. The number of nitrogens with zero attached hydrogens (tertiary/aromatic N) is 3. The molecular weight excluding hydrogens is 294 g/mol. The van der Waals surface area contributed by atoms with Crippen LogP contribution >= 0.6 is 0 Å². The van der Waals surface area contributed by atoms with Crippen molar-refractivity contribution in [1.29, 1.82) is 0 Å². The summed E-state index contributed by atoms with van der Waals surface area (Å²) in [6, 6.07) is 15.2. The molecule has 1 aromatic carbocycles. The van der Waals surface area contributed by atoms with E-state index in [-0.39, 0.29) is 11.6 Å². The Morgan fingerprint density at radius 3 is 2.87 bits per heavy atom. The minimum absolute atomic E-state index is 0.0586. The van der Waals surface area contributed by atoms with E-state index in [4.69, 9.17) is 0 Å². The van der Waals surface area contributed by atoms with Crippen LogP contribution in [0, 0.1) is 10.1 Å². The molecule has 7 nitrogen and oxygen atoms in total. The first-order chi connectivity index (χ1) is 11.2. The van der Waals surface area contributed by atoms with E-state index < -0.39 is 4.92 Å². The zero-order chi connectivity index (χ0) is 15.8. The fourth-order valence-electron chi connectivity index (χ4n) is 2.68. The number of imidazole rings is 1. The highest BCUT2D eigenvalue weighted by molar-refractivity contribution is 5.80. The first-order valence-corrected chi connectivity index (χ1v) is 7.14. The molecule has 0 spiro atoms. The predicted molar refractivity (Wildman–Crippen MR) is 87.5 cm³/mol. The van der Waals surface area contributed by atoms with E-state index in [0.29, 0.717) is 12.2 Å². The van der Waals surface area contributed by atoms with Gasteiger partial charge in [0, 0.05) is 17.3 Å². The van der Waals surface area contributed by atoms with Gasteiger partial charge in [-0.2, -0.15) is 9.38 Å². The SMILES string of the molecule is O=[N+]([O-])c1c(NCc2cc3ccccc3[nH]2)nc2ccccn12.